The van der Waals surface area contributed by atoms with Gasteiger partial charge in [0.05, 0.1) is 6.26 Å². The number of nitrogens with zero attached hydrogens (tertiary/aromatic N) is 1. The minimum atomic E-state index is -3.25. The highest BCUT2D eigenvalue weighted by atomic mass is 32.2. The number of carbonyl (C=O) groups excluding carboxylic acids is 1. The van der Waals surface area contributed by atoms with Gasteiger partial charge in [-0.15, -0.1) is 0 Å². The molecule has 1 unspecified atom stereocenters. The van der Waals surface area contributed by atoms with Crippen LogP contribution in [0.15, 0.2) is 24.3 Å². The number of hydrogen-bond donors (Lipinski definition) is 2. The second-order valence-electron chi connectivity index (χ2n) is 9.38. The van der Waals surface area contributed by atoms with Gasteiger partial charge in [0.1, 0.15) is 11.4 Å². The molecule has 9 heteroatoms. The second kappa shape index (κ2) is 10.7. The van der Waals surface area contributed by atoms with E-state index in [9.17, 15) is 17.6 Å². The first-order chi connectivity index (χ1) is 14.3. The lowest BCUT2D eigenvalue weighted by Gasteiger charge is -2.33. The topological polar surface area (TPSA) is 87.7 Å². The van der Waals surface area contributed by atoms with Crippen LogP contribution in [0.2, 0.25) is 0 Å². The molecular formula is C22H36FN3O4S. The van der Waals surface area contributed by atoms with Gasteiger partial charge in [-0.2, -0.15) is 0 Å². The first-order valence-electron chi connectivity index (χ1n) is 10.8. The Kier molecular flexibility index (Phi) is 8.85. The highest BCUT2D eigenvalue weighted by Crippen LogP contribution is 2.23. The first kappa shape index (κ1) is 25.5. The van der Waals surface area contributed by atoms with Gasteiger partial charge < -0.3 is 10.1 Å². The zero-order valence-corrected chi connectivity index (χ0v) is 20.0. The van der Waals surface area contributed by atoms with Crippen LogP contribution < -0.4 is 10.0 Å². The second-order valence-corrected chi connectivity index (χ2v) is 11.2. The van der Waals surface area contributed by atoms with E-state index in [0.717, 1.165) is 25.6 Å². The van der Waals surface area contributed by atoms with Crippen LogP contribution in [0.25, 0.3) is 0 Å². The van der Waals surface area contributed by atoms with Crippen molar-refractivity contribution in [3.05, 3.63) is 35.6 Å². The van der Waals surface area contributed by atoms with Crippen molar-refractivity contribution in [2.24, 2.45) is 0 Å². The molecule has 7 nitrogen and oxygen atoms in total. The summed E-state index contributed by atoms with van der Waals surface area (Å²) in [6.45, 7) is 8.67. The molecule has 1 aromatic rings. The van der Waals surface area contributed by atoms with Crippen molar-refractivity contribution in [2.45, 2.75) is 77.1 Å². The third-order valence-corrected chi connectivity index (χ3v) is 6.03. The Hall–Kier alpha value is -1.71. The number of halogens is 1. The van der Waals surface area contributed by atoms with Crippen molar-refractivity contribution in [3.8, 4) is 0 Å². The Labute approximate surface area is 185 Å². The maximum absolute atomic E-state index is 14.3. The molecule has 0 aromatic heterocycles. The molecule has 0 aliphatic carbocycles. The number of nitrogens with one attached hydrogen (secondary N) is 2. The smallest absolute Gasteiger partial charge is 0.407 e. The molecular weight excluding hydrogens is 421 g/mol. The molecule has 1 saturated heterocycles. The molecule has 1 aliphatic heterocycles. The molecule has 0 saturated carbocycles. The Bertz CT molecular complexity index is 841. The van der Waals surface area contributed by atoms with E-state index in [1.165, 1.54) is 6.07 Å². The summed E-state index contributed by atoms with van der Waals surface area (Å²) in [6.07, 6.45) is 3.45. The van der Waals surface area contributed by atoms with E-state index in [2.05, 4.69) is 21.9 Å². The summed E-state index contributed by atoms with van der Waals surface area (Å²) >= 11 is 0. The monoisotopic (exact) mass is 457 g/mol. The number of carbonyl (C=O) groups is 1. The number of ether oxygens (including phenoxy) is 1. The average molecular weight is 458 g/mol. The molecule has 0 spiro atoms. The number of rotatable bonds is 9. The third kappa shape index (κ3) is 9.13. The van der Waals surface area contributed by atoms with Gasteiger partial charge in [-0.1, -0.05) is 18.2 Å². The number of alkyl carbamates (subject to hydrolysis) is 1. The summed E-state index contributed by atoms with van der Waals surface area (Å²) in [5.41, 5.74) is -0.0947. The van der Waals surface area contributed by atoms with E-state index < -0.39 is 21.7 Å². The molecule has 1 aliphatic rings. The Morgan fingerprint density at radius 3 is 2.61 bits per heavy atom. The maximum Gasteiger partial charge on any atom is 0.407 e. The van der Waals surface area contributed by atoms with Gasteiger partial charge in [0, 0.05) is 24.7 Å². The van der Waals surface area contributed by atoms with Crippen LogP contribution in [0.4, 0.5) is 9.18 Å². The summed E-state index contributed by atoms with van der Waals surface area (Å²) in [4.78, 5) is 14.7. The number of amides is 1. The number of benzene rings is 1. The summed E-state index contributed by atoms with van der Waals surface area (Å²) in [5.74, 6) is -0.303. The standard InChI is InChI=1S/C22H36FN3O4S/c1-16(26-12-8-10-19(26)15-24-31(5,28)29)13-18(25-21(27)30-22(2,3)4)14-17-9-6-7-11-20(17)23/h6-7,9,11,16,18-19,24H,8,10,12-15H2,1-5H3,(H,25,27)/t16?,18-,19-/m0/s1. The van der Waals surface area contributed by atoms with E-state index in [-0.39, 0.29) is 23.9 Å². The van der Waals surface area contributed by atoms with E-state index in [0.29, 0.717) is 24.9 Å². The number of hydrogen-bond acceptors (Lipinski definition) is 5. The van der Waals surface area contributed by atoms with E-state index >= 15 is 0 Å². The van der Waals surface area contributed by atoms with Crippen molar-refractivity contribution in [1.29, 1.82) is 0 Å². The fraction of sp³-hybridized carbons (Fsp3) is 0.682. The van der Waals surface area contributed by atoms with E-state index in [4.69, 9.17) is 4.74 Å². The zero-order chi connectivity index (χ0) is 23.2. The zero-order valence-electron chi connectivity index (χ0n) is 19.2. The average Bonchev–Trinajstić information content (AvgIpc) is 3.08. The minimum absolute atomic E-state index is 0.0700. The van der Waals surface area contributed by atoms with Gasteiger partial charge >= 0.3 is 6.09 Å². The number of likely N-dealkylation sites (tertiary alicyclic amines) is 1. The van der Waals surface area contributed by atoms with Gasteiger partial charge in [0.25, 0.3) is 0 Å². The van der Waals surface area contributed by atoms with Gasteiger partial charge in [0.15, 0.2) is 0 Å². The van der Waals surface area contributed by atoms with Crippen LogP contribution >= 0.6 is 0 Å². The van der Waals surface area contributed by atoms with E-state index in [1.807, 2.05) is 0 Å². The molecule has 3 atom stereocenters. The van der Waals surface area contributed by atoms with Crippen molar-refractivity contribution in [1.82, 2.24) is 14.9 Å². The highest BCUT2D eigenvalue weighted by Gasteiger charge is 2.31. The van der Waals surface area contributed by atoms with Crippen molar-refractivity contribution < 1.29 is 22.3 Å². The fourth-order valence-electron chi connectivity index (χ4n) is 4.05. The van der Waals surface area contributed by atoms with Gasteiger partial charge in [-0.05, 0) is 71.6 Å². The van der Waals surface area contributed by atoms with Crippen LogP contribution in [0.3, 0.4) is 0 Å². The summed E-state index contributed by atoms with van der Waals surface area (Å²) in [6, 6.07) is 6.39. The highest BCUT2D eigenvalue weighted by molar-refractivity contribution is 7.88. The molecule has 31 heavy (non-hydrogen) atoms. The van der Waals surface area contributed by atoms with Crippen LogP contribution in [0, 0.1) is 5.82 Å². The van der Waals surface area contributed by atoms with Gasteiger partial charge in [0.2, 0.25) is 10.0 Å². The quantitative estimate of drug-likeness (QED) is 0.595. The lowest BCUT2D eigenvalue weighted by Crippen LogP contribution is -2.48. The largest absolute Gasteiger partial charge is 0.444 e. The van der Waals surface area contributed by atoms with E-state index in [1.54, 1.807) is 39.0 Å². The summed E-state index contributed by atoms with van der Waals surface area (Å²) in [7, 11) is -3.25. The molecule has 2 rings (SSSR count). The Morgan fingerprint density at radius 2 is 2.00 bits per heavy atom. The minimum Gasteiger partial charge on any atom is -0.444 e. The van der Waals surface area contributed by atoms with Gasteiger partial charge in [-0.3, -0.25) is 4.90 Å². The predicted octanol–water partition coefficient (Wildman–Crippen LogP) is 3.05. The lowest BCUT2D eigenvalue weighted by atomic mass is 9.98. The molecule has 1 heterocycles. The Morgan fingerprint density at radius 1 is 1.32 bits per heavy atom. The first-order valence-corrected chi connectivity index (χ1v) is 12.7. The predicted molar refractivity (Wildman–Crippen MR) is 120 cm³/mol. The summed E-state index contributed by atoms with van der Waals surface area (Å²) in [5, 5.41) is 2.91. The van der Waals surface area contributed by atoms with Crippen molar-refractivity contribution in [2.75, 3.05) is 19.3 Å². The summed E-state index contributed by atoms with van der Waals surface area (Å²) < 4.78 is 45.2. The SMILES string of the molecule is CC(C[C@@H](Cc1ccccc1F)NC(=O)OC(C)(C)C)N1CCC[C@H]1CNS(C)(=O)=O. The van der Waals surface area contributed by atoms with Crippen molar-refractivity contribution >= 4 is 16.1 Å². The molecule has 0 bridgehead atoms. The molecule has 1 amide bonds. The van der Waals surface area contributed by atoms with Crippen LogP contribution in [-0.2, 0) is 21.2 Å². The van der Waals surface area contributed by atoms with Crippen molar-refractivity contribution in [3.63, 3.8) is 0 Å². The van der Waals surface area contributed by atoms with Crippen LogP contribution in [-0.4, -0.2) is 62.5 Å². The van der Waals surface area contributed by atoms with Crippen LogP contribution in [0.1, 0.15) is 52.5 Å². The third-order valence-electron chi connectivity index (χ3n) is 5.34. The fourth-order valence-corrected chi connectivity index (χ4v) is 4.54. The molecule has 176 valence electrons. The maximum atomic E-state index is 14.3. The molecule has 1 fully saturated rings. The Balaban J connectivity index is 2.09. The lowest BCUT2D eigenvalue weighted by molar-refractivity contribution is 0.0490. The van der Waals surface area contributed by atoms with Gasteiger partial charge in [-0.25, -0.2) is 22.3 Å². The molecule has 2 N–H and O–H groups in total. The van der Waals surface area contributed by atoms with Crippen LogP contribution in [0.5, 0.6) is 0 Å². The number of sulfonamides is 1. The normalized spacial score (nSPS) is 19.7. The molecule has 1 aromatic carbocycles. The molecule has 0 radical (unpaired) electrons.